The molecule has 0 spiro atoms. The lowest BCUT2D eigenvalue weighted by molar-refractivity contribution is 0.604. The Morgan fingerprint density at radius 3 is 2.71 bits per heavy atom. The summed E-state index contributed by atoms with van der Waals surface area (Å²) < 4.78 is 3.60. The topological polar surface area (TPSA) is 17.0 Å². The van der Waals surface area contributed by atoms with Crippen LogP contribution in [0.5, 0.6) is 0 Å². The van der Waals surface area contributed by atoms with Gasteiger partial charge in [0.15, 0.2) is 0 Å². The molecule has 0 fully saturated rings. The van der Waals surface area contributed by atoms with Gasteiger partial charge in [-0.25, -0.2) is 0 Å². The largest absolute Gasteiger partial charge is 0.342 e. The van der Waals surface area contributed by atoms with Crippen LogP contribution < -0.4 is 5.32 Å². The lowest BCUT2D eigenvalue weighted by Gasteiger charge is -2.09. The zero-order valence-electron chi connectivity index (χ0n) is 12.3. The molecule has 2 nitrogen and oxygen atoms in total. The van der Waals surface area contributed by atoms with Gasteiger partial charge in [0.05, 0.1) is 0 Å². The van der Waals surface area contributed by atoms with E-state index < -0.39 is 0 Å². The molecule has 0 unspecified atom stereocenters. The van der Waals surface area contributed by atoms with Gasteiger partial charge in [0.2, 0.25) is 0 Å². The minimum Gasteiger partial charge on any atom is -0.342 e. The quantitative estimate of drug-likeness (QED) is 0.640. The average Bonchev–Trinajstić information content (AvgIpc) is 3.00. The first-order chi connectivity index (χ1) is 10.2. The second-order valence-electron chi connectivity index (χ2n) is 5.26. The van der Waals surface area contributed by atoms with Crippen molar-refractivity contribution in [3.8, 4) is 0 Å². The Balaban J connectivity index is 1.67. The van der Waals surface area contributed by atoms with Crippen LogP contribution in [0.15, 0.2) is 40.9 Å². The minimum atomic E-state index is 0.956. The maximum Gasteiger partial charge on any atom is 0.0494 e. The van der Waals surface area contributed by atoms with Crippen LogP contribution in [0.4, 0.5) is 0 Å². The fourth-order valence-electron chi connectivity index (χ4n) is 2.66. The van der Waals surface area contributed by atoms with E-state index in [1.165, 1.54) is 30.8 Å². The van der Waals surface area contributed by atoms with Crippen LogP contribution in [0.1, 0.15) is 15.4 Å². The van der Waals surface area contributed by atoms with Crippen molar-refractivity contribution >= 4 is 38.2 Å². The zero-order chi connectivity index (χ0) is 14.8. The third-order valence-electron chi connectivity index (χ3n) is 3.76. The molecule has 1 aromatic carbocycles. The normalized spacial score (nSPS) is 11.4. The van der Waals surface area contributed by atoms with E-state index in [4.69, 9.17) is 0 Å². The molecular formula is C17H19BrN2S. The molecule has 0 atom stereocenters. The molecule has 0 radical (unpaired) electrons. The summed E-state index contributed by atoms with van der Waals surface area (Å²) in [6, 6.07) is 12.9. The van der Waals surface area contributed by atoms with Gasteiger partial charge in [0, 0.05) is 50.5 Å². The van der Waals surface area contributed by atoms with Gasteiger partial charge in [-0.1, -0.05) is 18.2 Å². The number of aryl methyl sites for hydroxylation is 1. The van der Waals surface area contributed by atoms with Crippen LogP contribution in [0, 0.1) is 13.8 Å². The van der Waals surface area contributed by atoms with E-state index in [0.29, 0.717) is 0 Å². The zero-order valence-corrected chi connectivity index (χ0v) is 14.7. The van der Waals surface area contributed by atoms with Gasteiger partial charge >= 0.3 is 0 Å². The molecule has 21 heavy (non-hydrogen) atoms. The molecule has 3 aromatic rings. The number of para-hydroxylation sites is 1. The van der Waals surface area contributed by atoms with Gasteiger partial charge in [0.1, 0.15) is 0 Å². The van der Waals surface area contributed by atoms with Gasteiger partial charge in [-0.3, -0.25) is 0 Å². The second kappa shape index (κ2) is 6.34. The van der Waals surface area contributed by atoms with E-state index >= 15 is 0 Å². The number of aromatic nitrogens is 1. The SMILES string of the molecule is Cc1ccc(CNCCn2c(C)c(Br)c3ccccc32)s1. The minimum absolute atomic E-state index is 0.956. The molecule has 0 aliphatic heterocycles. The van der Waals surface area contributed by atoms with Crippen LogP contribution in [0.25, 0.3) is 10.9 Å². The Morgan fingerprint density at radius 1 is 1.14 bits per heavy atom. The fourth-order valence-corrected chi connectivity index (χ4v) is 4.07. The van der Waals surface area contributed by atoms with E-state index in [1.807, 2.05) is 11.3 Å². The number of fused-ring (bicyclic) bond motifs is 1. The second-order valence-corrected chi connectivity index (χ2v) is 7.42. The summed E-state index contributed by atoms with van der Waals surface area (Å²) in [6.45, 7) is 7.25. The monoisotopic (exact) mass is 362 g/mol. The number of halogens is 1. The van der Waals surface area contributed by atoms with Gasteiger partial charge in [-0.2, -0.15) is 0 Å². The lowest BCUT2D eigenvalue weighted by atomic mass is 10.2. The van der Waals surface area contributed by atoms with Gasteiger partial charge < -0.3 is 9.88 Å². The van der Waals surface area contributed by atoms with Gasteiger partial charge in [0.25, 0.3) is 0 Å². The van der Waals surface area contributed by atoms with Crippen molar-refractivity contribution in [3.63, 3.8) is 0 Å². The van der Waals surface area contributed by atoms with Crippen molar-refractivity contribution in [1.29, 1.82) is 0 Å². The standard InChI is InChI=1S/C17H19BrN2S/c1-12-7-8-14(21-12)11-19-9-10-20-13(2)17(18)15-5-3-4-6-16(15)20/h3-8,19H,9-11H2,1-2H3. The van der Waals surface area contributed by atoms with Crippen LogP contribution in [0.2, 0.25) is 0 Å². The molecule has 2 heterocycles. The molecular weight excluding hydrogens is 344 g/mol. The van der Waals surface area contributed by atoms with Crippen LogP contribution >= 0.6 is 27.3 Å². The molecule has 110 valence electrons. The van der Waals surface area contributed by atoms with E-state index in [-0.39, 0.29) is 0 Å². The first-order valence-corrected chi connectivity index (χ1v) is 8.77. The smallest absolute Gasteiger partial charge is 0.0494 e. The first kappa shape index (κ1) is 14.8. The number of thiophene rings is 1. The van der Waals surface area contributed by atoms with E-state index in [1.54, 1.807) is 0 Å². The Kier molecular flexibility index (Phi) is 4.48. The molecule has 0 aliphatic carbocycles. The van der Waals surface area contributed by atoms with Crippen molar-refractivity contribution in [1.82, 2.24) is 9.88 Å². The number of hydrogen-bond donors (Lipinski definition) is 1. The molecule has 0 bridgehead atoms. The van der Waals surface area contributed by atoms with Crippen LogP contribution in [-0.2, 0) is 13.1 Å². The number of rotatable bonds is 5. The summed E-state index contributed by atoms with van der Waals surface area (Å²) in [5.41, 5.74) is 2.60. The number of benzene rings is 1. The summed E-state index contributed by atoms with van der Waals surface area (Å²) in [7, 11) is 0. The van der Waals surface area contributed by atoms with Gasteiger partial charge in [-0.15, -0.1) is 11.3 Å². The molecule has 0 saturated heterocycles. The number of nitrogens with one attached hydrogen (secondary N) is 1. The maximum atomic E-state index is 3.71. The molecule has 1 N–H and O–H groups in total. The summed E-state index contributed by atoms with van der Waals surface area (Å²) in [5, 5.41) is 4.83. The highest BCUT2D eigenvalue weighted by Gasteiger charge is 2.10. The summed E-state index contributed by atoms with van der Waals surface area (Å²) >= 11 is 5.58. The van der Waals surface area contributed by atoms with Crippen LogP contribution in [0.3, 0.4) is 0 Å². The maximum absolute atomic E-state index is 3.71. The molecule has 4 heteroatoms. The Bertz CT molecular complexity index is 757. The van der Waals surface area contributed by atoms with Crippen molar-refractivity contribution < 1.29 is 0 Å². The lowest BCUT2D eigenvalue weighted by Crippen LogP contribution is -2.19. The Hall–Kier alpha value is -1.10. The predicted octanol–water partition coefficient (Wildman–Crippen LogP) is 4.87. The van der Waals surface area contributed by atoms with Crippen molar-refractivity contribution in [3.05, 3.63) is 56.3 Å². The molecule has 0 saturated carbocycles. The molecule has 0 amide bonds. The summed E-state index contributed by atoms with van der Waals surface area (Å²) in [4.78, 5) is 2.78. The predicted molar refractivity (Wildman–Crippen MR) is 95.1 cm³/mol. The van der Waals surface area contributed by atoms with Crippen LogP contribution in [-0.4, -0.2) is 11.1 Å². The van der Waals surface area contributed by atoms with E-state index in [0.717, 1.165) is 19.6 Å². The first-order valence-electron chi connectivity index (χ1n) is 7.16. The highest BCUT2D eigenvalue weighted by atomic mass is 79.9. The average molecular weight is 363 g/mol. The Morgan fingerprint density at radius 2 is 1.95 bits per heavy atom. The third kappa shape index (κ3) is 3.07. The van der Waals surface area contributed by atoms with Crippen molar-refractivity contribution in [2.24, 2.45) is 0 Å². The molecule has 0 aliphatic rings. The van der Waals surface area contributed by atoms with Crippen molar-refractivity contribution in [2.45, 2.75) is 26.9 Å². The fraction of sp³-hybridized carbons (Fsp3) is 0.294. The van der Waals surface area contributed by atoms with E-state index in [9.17, 15) is 0 Å². The molecule has 3 rings (SSSR count). The Labute approximate surface area is 137 Å². The van der Waals surface area contributed by atoms with Crippen molar-refractivity contribution in [2.75, 3.05) is 6.54 Å². The van der Waals surface area contributed by atoms with Gasteiger partial charge in [-0.05, 0) is 48.0 Å². The third-order valence-corrected chi connectivity index (χ3v) is 5.76. The number of nitrogens with zero attached hydrogens (tertiary/aromatic N) is 1. The highest BCUT2D eigenvalue weighted by Crippen LogP contribution is 2.30. The molecule has 2 aromatic heterocycles. The summed E-state index contributed by atoms with van der Waals surface area (Å²) in [6.07, 6.45) is 0. The summed E-state index contributed by atoms with van der Waals surface area (Å²) in [5.74, 6) is 0. The number of hydrogen-bond acceptors (Lipinski definition) is 2. The highest BCUT2D eigenvalue weighted by molar-refractivity contribution is 9.10. The van der Waals surface area contributed by atoms with E-state index in [2.05, 4.69) is 76.1 Å².